The molecule has 7 heteroatoms. The molecular formula is C13H16Cl2N4O. The van der Waals surface area contributed by atoms with Crippen LogP contribution < -0.4 is 10.6 Å². The first kappa shape index (κ1) is 16.5. The zero-order chi connectivity index (χ0) is 12.4. The van der Waals surface area contributed by atoms with Gasteiger partial charge in [-0.15, -0.1) is 24.8 Å². The molecule has 5 nitrogen and oxygen atoms in total. The number of amides is 1. The fraction of sp³-hybridized carbons (Fsp3) is 0.231. The zero-order valence-corrected chi connectivity index (χ0v) is 12.3. The zero-order valence-electron chi connectivity index (χ0n) is 10.7. The standard InChI is InChI=1S/C13H14N4O.2ClH/c18-13(16-11-7-15-8-11)10-2-1-3-12(6-10)17-5-4-14-9-17;;/h1-6,9,11,15H,7-8H2,(H,16,18);2*1H. The number of hydrogen-bond acceptors (Lipinski definition) is 3. The van der Waals surface area contributed by atoms with Gasteiger partial charge in [0.25, 0.3) is 5.91 Å². The van der Waals surface area contributed by atoms with Crippen LogP contribution in [-0.4, -0.2) is 34.6 Å². The molecule has 1 aliphatic rings. The van der Waals surface area contributed by atoms with E-state index >= 15 is 0 Å². The van der Waals surface area contributed by atoms with Crippen molar-refractivity contribution in [1.29, 1.82) is 0 Å². The van der Waals surface area contributed by atoms with Gasteiger partial charge in [-0.2, -0.15) is 0 Å². The summed E-state index contributed by atoms with van der Waals surface area (Å²) < 4.78 is 1.88. The van der Waals surface area contributed by atoms with Crippen LogP contribution >= 0.6 is 24.8 Å². The maximum atomic E-state index is 12.0. The molecule has 1 amide bonds. The van der Waals surface area contributed by atoms with Crippen molar-refractivity contribution >= 4 is 30.7 Å². The lowest BCUT2D eigenvalue weighted by Gasteiger charge is -2.27. The maximum absolute atomic E-state index is 12.0. The van der Waals surface area contributed by atoms with Crippen LogP contribution in [0, 0.1) is 0 Å². The van der Waals surface area contributed by atoms with Crippen molar-refractivity contribution in [3.63, 3.8) is 0 Å². The fourth-order valence-electron chi connectivity index (χ4n) is 1.88. The minimum Gasteiger partial charge on any atom is -0.347 e. The van der Waals surface area contributed by atoms with Gasteiger partial charge in [0.1, 0.15) is 0 Å². The molecule has 0 aliphatic carbocycles. The minimum absolute atomic E-state index is 0. The van der Waals surface area contributed by atoms with Crippen LogP contribution in [-0.2, 0) is 0 Å². The largest absolute Gasteiger partial charge is 0.347 e. The third-order valence-electron chi connectivity index (χ3n) is 3.03. The van der Waals surface area contributed by atoms with E-state index in [9.17, 15) is 4.79 Å². The first-order valence-corrected chi connectivity index (χ1v) is 5.93. The number of carbonyl (C=O) groups excluding carboxylic acids is 1. The molecule has 1 aliphatic heterocycles. The molecule has 0 bridgehead atoms. The first-order valence-electron chi connectivity index (χ1n) is 5.93. The summed E-state index contributed by atoms with van der Waals surface area (Å²) in [5.41, 5.74) is 1.61. The summed E-state index contributed by atoms with van der Waals surface area (Å²) in [5.74, 6) is -0.0246. The summed E-state index contributed by atoms with van der Waals surface area (Å²) >= 11 is 0. The maximum Gasteiger partial charge on any atom is 0.251 e. The van der Waals surface area contributed by atoms with E-state index in [1.807, 2.05) is 35.0 Å². The number of rotatable bonds is 3. The Morgan fingerprint density at radius 3 is 2.75 bits per heavy atom. The van der Waals surface area contributed by atoms with Crippen molar-refractivity contribution in [1.82, 2.24) is 20.2 Å². The monoisotopic (exact) mass is 314 g/mol. The summed E-state index contributed by atoms with van der Waals surface area (Å²) in [5, 5.41) is 6.10. The number of halogens is 2. The summed E-state index contributed by atoms with van der Waals surface area (Å²) in [6, 6.07) is 7.77. The van der Waals surface area contributed by atoms with Crippen LogP contribution in [0.15, 0.2) is 43.0 Å². The van der Waals surface area contributed by atoms with E-state index in [-0.39, 0.29) is 36.8 Å². The van der Waals surface area contributed by atoms with Crippen molar-refractivity contribution in [2.24, 2.45) is 0 Å². The van der Waals surface area contributed by atoms with Gasteiger partial charge in [-0.25, -0.2) is 4.98 Å². The Morgan fingerprint density at radius 1 is 1.35 bits per heavy atom. The molecule has 3 rings (SSSR count). The first-order chi connectivity index (χ1) is 8.83. The van der Waals surface area contributed by atoms with E-state index in [0.29, 0.717) is 5.56 Å². The van der Waals surface area contributed by atoms with Crippen LogP contribution in [0.4, 0.5) is 0 Å². The highest BCUT2D eigenvalue weighted by molar-refractivity contribution is 5.95. The van der Waals surface area contributed by atoms with E-state index in [2.05, 4.69) is 15.6 Å². The van der Waals surface area contributed by atoms with Gasteiger partial charge < -0.3 is 15.2 Å². The highest BCUT2D eigenvalue weighted by atomic mass is 35.5. The molecule has 1 fully saturated rings. The number of hydrogen-bond donors (Lipinski definition) is 2. The Kier molecular flexibility index (Phi) is 6.01. The van der Waals surface area contributed by atoms with Crippen LogP contribution in [0.1, 0.15) is 10.4 Å². The third-order valence-corrected chi connectivity index (χ3v) is 3.03. The average Bonchev–Trinajstić information content (AvgIpc) is 2.87. The predicted molar refractivity (Wildman–Crippen MR) is 82.2 cm³/mol. The number of aromatic nitrogens is 2. The molecule has 1 aromatic heterocycles. The van der Waals surface area contributed by atoms with Gasteiger partial charge in [-0.05, 0) is 18.2 Å². The van der Waals surface area contributed by atoms with Crippen molar-refractivity contribution in [3.05, 3.63) is 48.5 Å². The lowest BCUT2D eigenvalue weighted by atomic mass is 10.1. The summed E-state index contributed by atoms with van der Waals surface area (Å²) in [6.45, 7) is 1.71. The molecule has 1 saturated heterocycles. The molecular weight excluding hydrogens is 299 g/mol. The average molecular weight is 315 g/mol. The van der Waals surface area contributed by atoms with Crippen LogP contribution in [0.3, 0.4) is 0 Å². The number of nitrogens with zero attached hydrogens (tertiary/aromatic N) is 2. The summed E-state index contributed by atoms with van der Waals surface area (Å²) in [6.07, 6.45) is 5.28. The number of imidazole rings is 1. The highest BCUT2D eigenvalue weighted by Gasteiger charge is 2.19. The van der Waals surface area contributed by atoms with Crippen LogP contribution in [0.25, 0.3) is 5.69 Å². The molecule has 2 N–H and O–H groups in total. The Balaban J connectivity index is 0.000001000. The molecule has 1 aromatic carbocycles. The SMILES string of the molecule is Cl.Cl.O=C(NC1CNC1)c1cccc(-n2ccnc2)c1. The quantitative estimate of drug-likeness (QED) is 0.900. The Labute approximate surface area is 129 Å². The van der Waals surface area contributed by atoms with Crippen LogP contribution in [0.5, 0.6) is 0 Å². The van der Waals surface area contributed by atoms with Crippen molar-refractivity contribution in [3.8, 4) is 5.69 Å². The fourth-order valence-corrected chi connectivity index (χ4v) is 1.88. The van der Waals surface area contributed by atoms with Gasteiger partial charge in [0.15, 0.2) is 0 Å². The van der Waals surface area contributed by atoms with Gasteiger partial charge in [0, 0.05) is 36.7 Å². The third kappa shape index (κ3) is 3.50. The summed E-state index contributed by atoms with van der Waals surface area (Å²) in [4.78, 5) is 16.0. The Bertz CT molecular complexity index is 555. The van der Waals surface area contributed by atoms with Gasteiger partial charge in [-0.1, -0.05) is 6.07 Å². The second-order valence-corrected chi connectivity index (χ2v) is 4.35. The van der Waals surface area contributed by atoms with E-state index in [1.54, 1.807) is 12.5 Å². The van der Waals surface area contributed by atoms with Crippen molar-refractivity contribution in [2.75, 3.05) is 13.1 Å². The topological polar surface area (TPSA) is 59.0 Å². The van der Waals surface area contributed by atoms with E-state index < -0.39 is 0 Å². The van der Waals surface area contributed by atoms with Gasteiger partial charge in [0.05, 0.1) is 12.4 Å². The number of carbonyl (C=O) groups is 1. The van der Waals surface area contributed by atoms with Gasteiger partial charge in [0.2, 0.25) is 0 Å². The molecule has 108 valence electrons. The van der Waals surface area contributed by atoms with Crippen LogP contribution in [0.2, 0.25) is 0 Å². The predicted octanol–water partition coefficient (Wildman–Crippen LogP) is 1.42. The molecule has 0 unspecified atom stereocenters. The number of benzene rings is 1. The molecule has 0 radical (unpaired) electrons. The molecule has 0 saturated carbocycles. The number of nitrogens with one attached hydrogen (secondary N) is 2. The molecule has 2 aromatic rings. The molecule has 0 atom stereocenters. The van der Waals surface area contributed by atoms with E-state index in [4.69, 9.17) is 0 Å². The second kappa shape index (κ2) is 7.28. The van der Waals surface area contributed by atoms with E-state index in [0.717, 1.165) is 18.8 Å². The van der Waals surface area contributed by atoms with Gasteiger partial charge >= 0.3 is 0 Å². The molecule has 0 spiro atoms. The Morgan fingerprint density at radius 2 is 2.15 bits per heavy atom. The smallest absolute Gasteiger partial charge is 0.251 e. The summed E-state index contributed by atoms with van der Waals surface area (Å²) in [7, 11) is 0. The molecule has 2 heterocycles. The Hall–Kier alpha value is -1.56. The highest BCUT2D eigenvalue weighted by Crippen LogP contribution is 2.10. The molecule has 20 heavy (non-hydrogen) atoms. The second-order valence-electron chi connectivity index (χ2n) is 4.35. The lowest BCUT2D eigenvalue weighted by Crippen LogP contribution is -2.56. The minimum atomic E-state index is -0.0246. The van der Waals surface area contributed by atoms with Gasteiger partial charge in [-0.3, -0.25) is 4.79 Å². The normalized spacial score (nSPS) is 13.6. The van der Waals surface area contributed by atoms with Crippen molar-refractivity contribution < 1.29 is 4.79 Å². The van der Waals surface area contributed by atoms with Crippen molar-refractivity contribution in [2.45, 2.75) is 6.04 Å². The lowest BCUT2D eigenvalue weighted by molar-refractivity contribution is 0.0924. The van der Waals surface area contributed by atoms with E-state index in [1.165, 1.54) is 0 Å².